The maximum atomic E-state index is 12.0. The van der Waals surface area contributed by atoms with Gasteiger partial charge in [-0.3, -0.25) is 15.3 Å². The summed E-state index contributed by atoms with van der Waals surface area (Å²) in [5.41, 5.74) is 8.90. The second-order valence-electron chi connectivity index (χ2n) is 6.04. The third-order valence-corrected chi connectivity index (χ3v) is 3.11. The highest BCUT2D eigenvalue weighted by molar-refractivity contribution is 5.96. The lowest BCUT2D eigenvalue weighted by molar-refractivity contribution is -0.508. The van der Waals surface area contributed by atoms with Crippen LogP contribution in [0.15, 0.2) is 24.3 Å². The highest BCUT2D eigenvalue weighted by atomic mass is 16.5. The molecule has 0 aliphatic carbocycles. The lowest BCUT2D eigenvalue weighted by atomic mass is 9.87. The van der Waals surface area contributed by atoms with Crippen LogP contribution in [0.25, 0.3) is 0 Å². The Kier molecular flexibility index (Phi) is 6.12. The first kappa shape index (κ1) is 18.5. The molecule has 1 rings (SSSR count). The van der Waals surface area contributed by atoms with E-state index in [2.05, 4.69) is 30.9 Å². The van der Waals surface area contributed by atoms with Crippen LogP contribution in [0.4, 0.5) is 0 Å². The molecule has 0 unspecified atom stereocenters. The Balaban J connectivity index is 2.76. The summed E-state index contributed by atoms with van der Waals surface area (Å²) in [5, 5.41) is 11.7. The van der Waals surface area contributed by atoms with Crippen LogP contribution < -0.4 is 11.2 Å². The summed E-state index contributed by atoms with van der Waals surface area (Å²) >= 11 is 0. The van der Waals surface area contributed by atoms with Gasteiger partial charge in [-0.1, -0.05) is 32.9 Å². The van der Waals surface area contributed by atoms with Crippen molar-refractivity contribution in [2.24, 2.45) is 5.73 Å². The number of ether oxygens (including phenoxy) is 1. The number of hydrazone groups is 1. The lowest BCUT2D eigenvalue weighted by Gasteiger charge is -2.19. The number of hydrogen-bond acceptors (Lipinski definition) is 4. The minimum absolute atomic E-state index is 0.0303. The average molecular weight is 321 g/mol. The maximum Gasteiger partial charge on any atom is 0.318 e. The smallest absolute Gasteiger partial charge is 0.318 e. The first-order valence-electron chi connectivity index (χ1n) is 7.31. The minimum atomic E-state index is -0.630. The van der Waals surface area contributed by atoms with Crippen molar-refractivity contribution in [1.29, 1.82) is 0 Å². The predicted octanol–water partition coefficient (Wildman–Crippen LogP) is 1.45. The number of carbonyl (C=O) groups is 2. The number of esters is 1. The quantitative estimate of drug-likeness (QED) is 0.213. The molecule has 0 heterocycles. The zero-order valence-corrected chi connectivity index (χ0v) is 13.9. The molecule has 0 fully saturated rings. The molecule has 3 N–H and O–H groups in total. The molecule has 0 bridgehead atoms. The SMILES string of the molecule is CCOC(=O)CC(N)=[N+]([O-])NC(=O)c1ccc(C(C)(C)C)cc1. The van der Waals surface area contributed by atoms with Crippen LogP contribution in [0.3, 0.4) is 0 Å². The number of rotatable bonds is 5. The Labute approximate surface area is 135 Å². The molecule has 0 aliphatic heterocycles. The first-order valence-corrected chi connectivity index (χ1v) is 7.31. The van der Waals surface area contributed by atoms with Gasteiger partial charge in [0.25, 0.3) is 11.7 Å². The van der Waals surface area contributed by atoms with Gasteiger partial charge in [0.15, 0.2) is 0 Å². The Morgan fingerprint density at radius 3 is 2.30 bits per heavy atom. The van der Waals surface area contributed by atoms with Crippen LogP contribution in [0.5, 0.6) is 0 Å². The number of hydrogen-bond donors (Lipinski definition) is 2. The highest BCUT2D eigenvalue weighted by Gasteiger charge is 2.16. The summed E-state index contributed by atoms with van der Waals surface area (Å²) in [5.74, 6) is -1.58. The molecule has 0 aromatic heterocycles. The summed E-state index contributed by atoms with van der Waals surface area (Å²) in [6, 6.07) is 6.92. The second-order valence-corrected chi connectivity index (χ2v) is 6.04. The summed E-state index contributed by atoms with van der Waals surface area (Å²) in [4.78, 5) is 23.3. The van der Waals surface area contributed by atoms with Crippen LogP contribution >= 0.6 is 0 Å². The molecule has 0 atom stereocenters. The number of benzene rings is 1. The van der Waals surface area contributed by atoms with Gasteiger partial charge < -0.3 is 9.94 Å². The Bertz CT molecular complexity index is 601. The van der Waals surface area contributed by atoms with Crippen molar-refractivity contribution >= 4 is 17.7 Å². The molecule has 23 heavy (non-hydrogen) atoms. The number of carbonyl (C=O) groups excluding carboxylic acids is 2. The zero-order chi connectivity index (χ0) is 17.6. The number of nitrogens with zero attached hydrogens (tertiary/aromatic N) is 1. The molecule has 1 aromatic rings. The first-order chi connectivity index (χ1) is 10.6. The Morgan fingerprint density at radius 1 is 1.26 bits per heavy atom. The fourth-order valence-corrected chi connectivity index (χ4v) is 1.78. The van der Waals surface area contributed by atoms with Crippen molar-refractivity contribution in [1.82, 2.24) is 5.43 Å². The summed E-state index contributed by atoms with van der Waals surface area (Å²) in [7, 11) is 0. The highest BCUT2D eigenvalue weighted by Crippen LogP contribution is 2.22. The van der Waals surface area contributed by atoms with Crippen LogP contribution in [0.2, 0.25) is 0 Å². The van der Waals surface area contributed by atoms with Crippen molar-refractivity contribution in [2.45, 2.75) is 39.5 Å². The largest absolute Gasteiger partial charge is 0.692 e. The molecule has 0 radical (unpaired) electrons. The molecule has 1 amide bonds. The van der Waals surface area contributed by atoms with E-state index in [4.69, 9.17) is 5.73 Å². The topological polar surface area (TPSA) is 107 Å². The number of hydrazine groups is 1. The molecule has 1 aromatic carbocycles. The van der Waals surface area contributed by atoms with E-state index in [9.17, 15) is 14.8 Å². The molecule has 0 saturated carbocycles. The van der Waals surface area contributed by atoms with Gasteiger partial charge in [0, 0.05) is 5.56 Å². The van der Waals surface area contributed by atoms with Gasteiger partial charge in [-0.05, 0) is 30.0 Å². The van der Waals surface area contributed by atoms with Crippen molar-refractivity contribution < 1.29 is 19.2 Å². The third kappa shape index (κ3) is 5.61. The second kappa shape index (κ2) is 7.62. The molecular formula is C16H23N3O4. The van der Waals surface area contributed by atoms with Crippen LogP contribution in [-0.2, 0) is 14.9 Å². The Hall–Kier alpha value is -2.57. The van der Waals surface area contributed by atoms with E-state index < -0.39 is 11.9 Å². The fraction of sp³-hybridized carbons (Fsp3) is 0.438. The minimum Gasteiger partial charge on any atom is -0.692 e. The van der Waals surface area contributed by atoms with Crippen molar-refractivity contribution in [3.63, 3.8) is 0 Å². The van der Waals surface area contributed by atoms with Gasteiger partial charge in [0.05, 0.1) is 6.61 Å². The standard InChI is InChI=1S/C16H23N3O4/c1-5-23-14(20)10-13(17)19(22)18-15(21)11-6-8-12(9-7-11)16(2,3)4/h6-9H,5,10,17H2,1-4H3,(H,18,21). The molecule has 0 saturated heterocycles. The monoisotopic (exact) mass is 321 g/mol. The number of nitrogens with one attached hydrogen (secondary N) is 1. The number of amidine groups is 1. The maximum absolute atomic E-state index is 12.0. The van der Waals surface area contributed by atoms with Crippen molar-refractivity contribution in [2.75, 3.05) is 6.61 Å². The third-order valence-electron chi connectivity index (χ3n) is 3.11. The van der Waals surface area contributed by atoms with Gasteiger partial charge in [-0.25, -0.2) is 0 Å². The molecule has 126 valence electrons. The zero-order valence-electron chi connectivity index (χ0n) is 13.9. The molecular weight excluding hydrogens is 298 g/mol. The molecule has 7 heteroatoms. The normalized spacial score (nSPS) is 12.3. The van der Waals surface area contributed by atoms with Crippen LogP contribution in [0, 0.1) is 5.21 Å². The van der Waals surface area contributed by atoms with Gasteiger partial charge >= 0.3 is 5.97 Å². The Morgan fingerprint density at radius 2 is 1.83 bits per heavy atom. The summed E-state index contributed by atoms with van der Waals surface area (Å²) in [6.45, 7) is 8.02. The lowest BCUT2D eigenvalue weighted by Crippen LogP contribution is -2.39. The van der Waals surface area contributed by atoms with Crippen molar-refractivity contribution in [3.05, 3.63) is 40.6 Å². The summed E-state index contributed by atoms with van der Waals surface area (Å²) < 4.78 is 4.68. The molecule has 0 spiro atoms. The average Bonchev–Trinajstić information content (AvgIpc) is 2.46. The van der Waals surface area contributed by atoms with Crippen LogP contribution in [-0.4, -0.2) is 29.2 Å². The number of nitrogens with two attached hydrogens (primary N) is 1. The van der Waals surface area contributed by atoms with E-state index >= 15 is 0 Å². The van der Waals surface area contributed by atoms with E-state index in [-0.39, 0.29) is 29.1 Å². The van der Waals surface area contributed by atoms with Gasteiger partial charge in [-0.15, -0.1) is 0 Å². The van der Waals surface area contributed by atoms with Gasteiger partial charge in [-0.2, -0.15) is 10.3 Å². The van der Waals surface area contributed by atoms with E-state index in [0.717, 1.165) is 5.56 Å². The fourth-order valence-electron chi connectivity index (χ4n) is 1.78. The van der Waals surface area contributed by atoms with Gasteiger partial charge in [0.2, 0.25) is 0 Å². The summed E-state index contributed by atoms with van der Waals surface area (Å²) in [6.07, 6.45) is -0.388. The van der Waals surface area contributed by atoms with Crippen LogP contribution in [0.1, 0.15) is 50.0 Å². The van der Waals surface area contributed by atoms with E-state index in [0.29, 0.717) is 5.56 Å². The van der Waals surface area contributed by atoms with E-state index in [1.54, 1.807) is 19.1 Å². The molecule has 7 nitrogen and oxygen atoms in total. The molecule has 0 aliphatic rings. The van der Waals surface area contributed by atoms with Crippen molar-refractivity contribution in [3.8, 4) is 0 Å². The number of amides is 1. The predicted molar refractivity (Wildman–Crippen MR) is 86.7 cm³/mol. The van der Waals surface area contributed by atoms with E-state index in [1.165, 1.54) is 0 Å². The van der Waals surface area contributed by atoms with Gasteiger partial charge in [0.1, 0.15) is 6.42 Å². The van der Waals surface area contributed by atoms with E-state index in [1.807, 2.05) is 12.1 Å².